The summed E-state index contributed by atoms with van der Waals surface area (Å²) in [6.45, 7) is 4.97. The Morgan fingerprint density at radius 3 is 2.54 bits per heavy atom. The summed E-state index contributed by atoms with van der Waals surface area (Å²) in [7, 11) is 0. The summed E-state index contributed by atoms with van der Waals surface area (Å²) in [6.07, 6.45) is 2.34. The van der Waals surface area contributed by atoms with Crippen LogP contribution in [-0.2, 0) is 14.4 Å². The molecular weight excluding hydrogens is 360 g/mol. The number of likely N-dealkylation sites (tertiary alicyclic amines) is 1. The van der Waals surface area contributed by atoms with Crippen LogP contribution in [0.4, 0.5) is 0 Å². The number of carbonyl (C=O) groups excluding carboxylic acids is 2. The van der Waals surface area contributed by atoms with E-state index in [1.807, 2.05) is 31.2 Å². The Hall–Kier alpha value is -2.57. The molecule has 1 spiro atoms. The molecule has 0 radical (unpaired) electrons. The predicted octanol–water partition coefficient (Wildman–Crippen LogP) is 2.37. The van der Waals surface area contributed by atoms with Crippen molar-refractivity contribution < 1.29 is 24.2 Å². The number of nitrogens with one attached hydrogen (secondary N) is 1. The highest BCUT2D eigenvalue weighted by Crippen LogP contribution is 2.59. The van der Waals surface area contributed by atoms with Gasteiger partial charge in [0, 0.05) is 25.6 Å². The number of aliphatic carboxylic acids is 1. The lowest BCUT2D eigenvalue weighted by molar-refractivity contribution is -0.140. The van der Waals surface area contributed by atoms with E-state index in [4.69, 9.17) is 4.74 Å². The molecule has 152 valence electrons. The Balaban J connectivity index is 1.66. The minimum atomic E-state index is -0.724. The van der Waals surface area contributed by atoms with Gasteiger partial charge in [0.25, 0.3) is 0 Å². The van der Waals surface area contributed by atoms with Crippen LogP contribution in [0.3, 0.4) is 0 Å². The third-order valence-corrected chi connectivity index (χ3v) is 5.95. The maximum absolute atomic E-state index is 12.9. The molecule has 7 heteroatoms. The average molecular weight is 388 g/mol. The predicted molar refractivity (Wildman–Crippen MR) is 103 cm³/mol. The van der Waals surface area contributed by atoms with Gasteiger partial charge in [-0.05, 0) is 37.7 Å². The summed E-state index contributed by atoms with van der Waals surface area (Å²) in [5, 5.41) is 12.1. The molecule has 2 amide bonds. The van der Waals surface area contributed by atoms with Crippen molar-refractivity contribution in [2.75, 3.05) is 19.7 Å². The van der Waals surface area contributed by atoms with Gasteiger partial charge in [-0.1, -0.05) is 18.2 Å². The van der Waals surface area contributed by atoms with E-state index < -0.39 is 12.0 Å². The van der Waals surface area contributed by atoms with Gasteiger partial charge < -0.3 is 20.1 Å². The van der Waals surface area contributed by atoms with E-state index in [2.05, 4.69) is 5.32 Å². The smallest absolute Gasteiger partial charge is 0.307 e. The molecular formula is C21H28N2O5. The topological polar surface area (TPSA) is 95.9 Å². The zero-order valence-corrected chi connectivity index (χ0v) is 16.4. The van der Waals surface area contributed by atoms with Crippen LogP contribution in [0.25, 0.3) is 0 Å². The van der Waals surface area contributed by atoms with E-state index in [0.29, 0.717) is 25.4 Å². The molecule has 28 heavy (non-hydrogen) atoms. The van der Waals surface area contributed by atoms with Gasteiger partial charge in [0.05, 0.1) is 25.0 Å². The Morgan fingerprint density at radius 1 is 1.29 bits per heavy atom. The van der Waals surface area contributed by atoms with Gasteiger partial charge in [-0.3, -0.25) is 14.4 Å². The lowest BCUT2D eigenvalue weighted by atomic mass is 9.90. The molecule has 7 nitrogen and oxygen atoms in total. The van der Waals surface area contributed by atoms with Gasteiger partial charge in [-0.15, -0.1) is 0 Å². The first-order valence-electron chi connectivity index (χ1n) is 9.85. The van der Waals surface area contributed by atoms with Crippen molar-refractivity contribution in [1.82, 2.24) is 10.2 Å². The highest BCUT2D eigenvalue weighted by atomic mass is 16.5. The minimum Gasteiger partial charge on any atom is -0.494 e. The van der Waals surface area contributed by atoms with E-state index in [9.17, 15) is 19.5 Å². The van der Waals surface area contributed by atoms with Crippen molar-refractivity contribution in [3.8, 4) is 5.75 Å². The number of benzene rings is 1. The molecule has 2 atom stereocenters. The number of ether oxygens (including phenoxy) is 1. The molecule has 2 unspecified atom stereocenters. The summed E-state index contributed by atoms with van der Waals surface area (Å²) in [4.78, 5) is 37.6. The zero-order valence-electron chi connectivity index (χ0n) is 16.4. The largest absolute Gasteiger partial charge is 0.494 e. The van der Waals surface area contributed by atoms with E-state index >= 15 is 0 Å². The van der Waals surface area contributed by atoms with Crippen molar-refractivity contribution in [3.05, 3.63) is 29.8 Å². The van der Waals surface area contributed by atoms with Crippen molar-refractivity contribution in [3.63, 3.8) is 0 Å². The molecule has 2 aliphatic rings. The highest BCUT2D eigenvalue weighted by Gasteiger charge is 2.59. The number of nitrogens with zero attached hydrogens (tertiary/aromatic N) is 1. The SMILES string of the molecule is CCOc1ccccc1C(CC(=O)N1CCC2(CC1)CC2C(=O)O)NC(C)=O. The third kappa shape index (κ3) is 4.29. The first-order valence-corrected chi connectivity index (χ1v) is 9.85. The van der Waals surface area contributed by atoms with Crippen molar-refractivity contribution >= 4 is 17.8 Å². The Bertz CT molecular complexity index is 755. The van der Waals surface area contributed by atoms with Gasteiger partial charge in [-0.25, -0.2) is 0 Å². The summed E-state index contributed by atoms with van der Waals surface area (Å²) in [5.41, 5.74) is 0.677. The number of piperidine rings is 1. The van der Waals surface area contributed by atoms with Gasteiger partial charge in [-0.2, -0.15) is 0 Å². The molecule has 2 fully saturated rings. The number of carbonyl (C=O) groups is 3. The molecule has 1 aromatic carbocycles. The third-order valence-electron chi connectivity index (χ3n) is 5.95. The van der Waals surface area contributed by atoms with Crippen LogP contribution in [0.2, 0.25) is 0 Å². The van der Waals surface area contributed by atoms with E-state index in [1.165, 1.54) is 6.92 Å². The number of hydrogen-bond acceptors (Lipinski definition) is 4. The van der Waals surface area contributed by atoms with Crippen molar-refractivity contribution in [1.29, 1.82) is 0 Å². The quantitative estimate of drug-likeness (QED) is 0.748. The maximum atomic E-state index is 12.9. The fourth-order valence-electron chi connectivity index (χ4n) is 4.29. The molecule has 3 rings (SSSR count). The van der Waals surface area contributed by atoms with Crippen molar-refractivity contribution in [2.24, 2.45) is 11.3 Å². The molecule has 1 aliphatic heterocycles. The van der Waals surface area contributed by atoms with Crippen LogP contribution < -0.4 is 10.1 Å². The van der Waals surface area contributed by atoms with Crippen LogP contribution in [0, 0.1) is 11.3 Å². The van der Waals surface area contributed by atoms with Crippen LogP contribution >= 0.6 is 0 Å². The van der Waals surface area contributed by atoms with Gasteiger partial charge in [0.2, 0.25) is 11.8 Å². The average Bonchev–Trinajstić information content (AvgIpc) is 3.36. The molecule has 1 aliphatic carbocycles. The molecule has 1 aromatic rings. The molecule has 1 saturated heterocycles. The van der Waals surface area contributed by atoms with Crippen LogP contribution in [0.15, 0.2) is 24.3 Å². The Morgan fingerprint density at radius 2 is 1.96 bits per heavy atom. The number of carboxylic acids is 1. The molecule has 1 heterocycles. The molecule has 0 bridgehead atoms. The van der Waals surface area contributed by atoms with E-state index in [-0.39, 0.29) is 29.6 Å². The van der Waals surface area contributed by atoms with Gasteiger partial charge >= 0.3 is 5.97 Å². The molecule has 2 N–H and O–H groups in total. The number of amides is 2. The summed E-state index contributed by atoms with van der Waals surface area (Å²) >= 11 is 0. The zero-order chi connectivity index (χ0) is 20.3. The second kappa shape index (κ2) is 8.20. The summed E-state index contributed by atoms with van der Waals surface area (Å²) in [6, 6.07) is 6.96. The first-order chi connectivity index (χ1) is 13.4. The van der Waals surface area contributed by atoms with E-state index in [0.717, 1.165) is 24.8 Å². The second-order valence-electron chi connectivity index (χ2n) is 7.77. The number of para-hydroxylation sites is 1. The van der Waals surface area contributed by atoms with E-state index in [1.54, 1.807) is 4.90 Å². The van der Waals surface area contributed by atoms with Gasteiger partial charge in [0.1, 0.15) is 5.75 Å². The lowest BCUT2D eigenvalue weighted by Crippen LogP contribution is -2.41. The molecule has 1 saturated carbocycles. The fraction of sp³-hybridized carbons (Fsp3) is 0.571. The maximum Gasteiger partial charge on any atom is 0.307 e. The lowest BCUT2D eigenvalue weighted by Gasteiger charge is -2.33. The molecule has 0 aromatic heterocycles. The Labute approximate surface area is 165 Å². The standard InChI is InChI=1S/C21H28N2O5/c1-3-28-18-7-5-4-6-15(18)17(22-14(2)24)12-19(25)23-10-8-21(9-11-23)13-16(21)20(26)27/h4-7,16-17H,3,8-13H2,1-2H3,(H,22,24)(H,26,27). The number of rotatable bonds is 7. The Kier molecular flexibility index (Phi) is 5.91. The summed E-state index contributed by atoms with van der Waals surface area (Å²) in [5.74, 6) is -0.555. The van der Waals surface area contributed by atoms with Crippen LogP contribution in [0.1, 0.15) is 51.1 Å². The minimum absolute atomic E-state index is 0.0348. The number of hydrogen-bond donors (Lipinski definition) is 2. The van der Waals surface area contributed by atoms with Crippen LogP contribution in [-0.4, -0.2) is 47.5 Å². The number of carboxylic acid groups (broad SMARTS) is 1. The monoisotopic (exact) mass is 388 g/mol. The normalized spacial score (nSPS) is 21.1. The van der Waals surface area contributed by atoms with Crippen LogP contribution in [0.5, 0.6) is 5.75 Å². The van der Waals surface area contributed by atoms with Crippen molar-refractivity contribution in [2.45, 2.75) is 45.6 Å². The fourth-order valence-corrected chi connectivity index (χ4v) is 4.29. The summed E-state index contributed by atoms with van der Waals surface area (Å²) < 4.78 is 5.66. The first kappa shape index (κ1) is 20.2. The second-order valence-corrected chi connectivity index (χ2v) is 7.77. The highest BCUT2D eigenvalue weighted by molar-refractivity contribution is 5.80. The van der Waals surface area contributed by atoms with Gasteiger partial charge in [0.15, 0.2) is 0 Å².